The van der Waals surface area contributed by atoms with E-state index in [4.69, 9.17) is 0 Å². The van der Waals surface area contributed by atoms with Gasteiger partial charge in [0.05, 0.1) is 0 Å². The number of amides is 1. The second kappa shape index (κ2) is 6.54. The molecular weight excluding hydrogens is 248 g/mol. The van der Waals surface area contributed by atoms with Crippen molar-refractivity contribution in [2.24, 2.45) is 0 Å². The van der Waals surface area contributed by atoms with E-state index < -0.39 is 0 Å². The highest BCUT2D eigenvalue weighted by atomic mass is 32.1. The number of likely N-dealkylation sites (N-methyl/N-ethyl adjacent to an activating group) is 1. The number of aromatic nitrogens is 1. The van der Waals surface area contributed by atoms with Crippen molar-refractivity contribution in [2.45, 2.75) is 33.7 Å². The minimum atomic E-state index is 0.00301. The van der Waals surface area contributed by atoms with Crippen molar-refractivity contribution in [1.82, 2.24) is 9.47 Å². The van der Waals surface area contributed by atoms with Crippen molar-refractivity contribution in [3.05, 3.63) is 32.9 Å². The van der Waals surface area contributed by atoms with Crippen LogP contribution in [0.3, 0.4) is 0 Å². The quantitative estimate of drug-likeness (QED) is 0.741. The fourth-order valence-corrected chi connectivity index (χ4v) is 2.50. The molecule has 0 aliphatic rings. The normalized spacial score (nSPS) is 10.4. The third kappa shape index (κ3) is 3.84. The van der Waals surface area contributed by atoms with E-state index in [1.54, 1.807) is 9.47 Å². The summed E-state index contributed by atoms with van der Waals surface area (Å²) in [5.74, 6) is 0.0676. The lowest BCUT2D eigenvalue weighted by atomic mass is 10.2. The zero-order chi connectivity index (χ0) is 13.7. The highest BCUT2D eigenvalue weighted by Gasteiger charge is 2.12. The molecule has 1 heterocycles. The third-order valence-electron chi connectivity index (χ3n) is 2.72. The second-order valence-electron chi connectivity index (χ2n) is 4.41. The number of hydrogen-bond acceptors (Lipinski definition) is 3. The van der Waals surface area contributed by atoms with E-state index in [2.05, 4.69) is 6.58 Å². The minimum Gasteiger partial charge on any atom is -0.339 e. The number of thiazole rings is 1. The first-order valence-electron chi connectivity index (χ1n) is 6.02. The molecule has 0 fully saturated rings. The molecule has 0 spiro atoms. The lowest BCUT2D eigenvalue weighted by Crippen LogP contribution is -2.33. The van der Waals surface area contributed by atoms with Gasteiger partial charge in [0.15, 0.2) is 0 Å². The molecule has 0 atom stereocenters. The van der Waals surface area contributed by atoms with E-state index in [9.17, 15) is 9.59 Å². The average molecular weight is 268 g/mol. The Morgan fingerprint density at radius 3 is 2.67 bits per heavy atom. The number of aryl methyl sites for hydroxylation is 1. The summed E-state index contributed by atoms with van der Waals surface area (Å²) in [6, 6.07) is 0. The van der Waals surface area contributed by atoms with Crippen molar-refractivity contribution in [1.29, 1.82) is 0 Å². The molecule has 1 amide bonds. The zero-order valence-electron chi connectivity index (χ0n) is 11.2. The molecule has 0 saturated heterocycles. The number of rotatable bonds is 6. The lowest BCUT2D eigenvalue weighted by Gasteiger charge is -2.21. The van der Waals surface area contributed by atoms with Crippen molar-refractivity contribution in [3.8, 4) is 0 Å². The summed E-state index contributed by atoms with van der Waals surface area (Å²) in [6.45, 7) is 11.3. The smallest absolute Gasteiger partial charge is 0.307 e. The Balaban J connectivity index is 2.60. The van der Waals surface area contributed by atoms with Gasteiger partial charge in [0.25, 0.3) is 0 Å². The molecule has 100 valence electrons. The van der Waals surface area contributed by atoms with Gasteiger partial charge in [-0.1, -0.05) is 23.5 Å². The Labute approximate surface area is 112 Å². The zero-order valence-corrected chi connectivity index (χ0v) is 12.0. The molecule has 0 aromatic carbocycles. The summed E-state index contributed by atoms with van der Waals surface area (Å²) in [7, 11) is 0. The summed E-state index contributed by atoms with van der Waals surface area (Å²) in [6.07, 6.45) is 0.360. The van der Waals surface area contributed by atoms with Gasteiger partial charge in [-0.2, -0.15) is 0 Å². The molecule has 18 heavy (non-hydrogen) atoms. The number of hydrogen-bond donors (Lipinski definition) is 0. The van der Waals surface area contributed by atoms with Crippen LogP contribution in [0.2, 0.25) is 0 Å². The van der Waals surface area contributed by atoms with E-state index in [1.165, 1.54) is 11.3 Å². The maximum Gasteiger partial charge on any atom is 0.307 e. The molecular formula is C13H20N2O2S. The number of nitrogens with zero attached hydrogens (tertiary/aromatic N) is 2. The Morgan fingerprint density at radius 1 is 1.56 bits per heavy atom. The maximum atomic E-state index is 12.0. The monoisotopic (exact) mass is 268 g/mol. The second-order valence-corrected chi connectivity index (χ2v) is 5.23. The van der Waals surface area contributed by atoms with Crippen LogP contribution in [0.5, 0.6) is 0 Å². The van der Waals surface area contributed by atoms with Crippen LogP contribution in [0.15, 0.2) is 22.3 Å². The molecule has 1 aromatic heterocycles. The molecule has 0 radical (unpaired) electrons. The van der Waals surface area contributed by atoms with Crippen molar-refractivity contribution in [3.63, 3.8) is 0 Å². The van der Waals surface area contributed by atoms with E-state index in [0.717, 1.165) is 11.3 Å². The van der Waals surface area contributed by atoms with E-state index >= 15 is 0 Å². The summed E-state index contributed by atoms with van der Waals surface area (Å²) < 4.78 is 1.65. The van der Waals surface area contributed by atoms with Crippen LogP contribution in [-0.2, 0) is 11.3 Å². The molecule has 0 saturated carbocycles. The Bertz CT molecular complexity index is 487. The number of carbonyl (C=O) groups excluding carboxylic acids is 1. The third-order valence-corrected chi connectivity index (χ3v) is 3.60. The van der Waals surface area contributed by atoms with Crippen molar-refractivity contribution < 1.29 is 4.79 Å². The summed E-state index contributed by atoms with van der Waals surface area (Å²) in [4.78, 5) is 25.3. The fraction of sp³-hybridized carbons (Fsp3) is 0.538. The van der Waals surface area contributed by atoms with Gasteiger partial charge < -0.3 is 9.47 Å². The van der Waals surface area contributed by atoms with Crippen LogP contribution in [0.4, 0.5) is 0 Å². The molecule has 0 unspecified atom stereocenters. The molecule has 1 aromatic rings. The first-order chi connectivity index (χ1) is 8.45. The Kier molecular flexibility index (Phi) is 5.34. The highest BCUT2D eigenvalue weighted by molar-refractivity contribution is 7.07. The van der Waals surface area contributed by atoms with Crippen LogP contribution in [0.25, 0.3) is 0 Å². The van der Waals surface area contributed by atoms with Crippen LogP contribution >= 0.6 is 11.3 Å². The topological polar surface area (TPSA) is 42.3 Å². The molecule has 0 N–H and O–H groups in total. The molecule has 0 bridgehead atoms. The average Bonchev–Trinajstić information content (AvgIpc) is 2.63. The highest BCUT2D eigenvalue weighted by Crippen LogP contribution is 2.04. The van der Waals surface area contributed by atoms with Gasteiger partial charge >= 0.3 is 4.87 Å². The summed E-state index contributed by atoms with van der Waals surface area (Å²) in [5, 5.41) is 1.82. The fourth-order valence-electron chi connectivity index (χ4n) is 1.74. The SMILES string of the molecule is C=C(C)CN(CC)C(=O)CCn1c(C)csc1=O. The van der Waals surface area contributed by atoms with Gasteiger partial charge in [-0.25, -0.2) is 0 Å². The first kappa shape index (κ1) is 14.7. The van der Waals surface area contributed by atoms with Gasteiger partial charge in [-0.05, 0) is 20.8 Å². The molecule has 1 rings (SSSR count). The predicted molar refractivity (Wildman–Crippen MR) is 75.0 cm³/mol. The van der Waals surface area contributed by atoms with E-state index in [1.807, 2.05) is 26.2 Å². The van der Waals surface area contributed by atoms with Gasteiger partial charge in [0.1, 0.15) is 0 Å². The lowest BCUT2D eigenvalue weighted by molar-refractivity contribution is -0.130. The van der Waals surface area contributed by atoms with Crippen molar-refractivity contribution >= 4 is 17.2 Å². The van der Waals surface area contributed by atoms with Crippen LogP contribution in [-0.4, -0.2) is 28.5 Å². The van der Waals surface area contributed by atoms with Crippen molar-refractivity contribution in [2.75, 3.05) is 13.1 Å². The molecule has 4 nitrogen and oxygen atoms in total. The summed E-state index contributed by atoms with van der Waals surface area (Å²) >= 11 is 1.18. The standard InChI is InChI=1S/C13H20N2O2S/c1-5-14(8-10(2)3)12(16)6-7-15-11(4)9-18-13(15)17/h9H,2,5-8H2,1,3-4H3. The van der Waals surface area contributed by atoms with Gasteiger partial charge in [0, 0.05) is 37.1 Å². The van der Waals surface area contributed by atoms with Crippen LogP contribution in [0, 0.1) is 6.92 Å². The molecule has 0 aliphatic carbocycles. The Hall–Kier alpha value is -1.36. The first-order valence-corrected chi connectivity index (χ1v) is 6.90. The summed E-state index contributed by atoms with van der Waals surface area (Å²) in [5.41, 5.74) is 1.88. The van der Waals surface area contributed by atoms with Crippen LogP contribution in [0.1, 0.15) is 26.0 Å². The minimum absolute atomic E-state index is 0.00301. The predicted octanol–water partition coefficient (Wildman–Crippen LogP) is 2.03. The van der Waals surface area contributed by atoms with E-state index in [-0.39, 0.29) is 10.8 Å². The van der Waals surface area contributed by atoms with Crippen LogP contribution < -0.4 is 4.87 Å². The van der Waals surface area contributed by atoms with Gasteiger partial charge in [-0.15, -0.1) is 0 Å². The molecule has 0 aliphatic heterocycles. The number of carbonyl (C=O) groups is 1. The van der Waals surface area contributed by atoms with Gasteiger partial charge in [-0.3, -0.25) is 9.59 Å². The maximum absolute atomic E-state index is 12.0. The Morgan fingerprint density at radius 2 is 2.22 bits per heavy atom. The van der Waals surface area contributed by atoms with E-state index in [0.29, 0.717) is 26.1 Å². The van der Waals surface area contributed by atoms with Gasteiger partial charge in [0.2, 0.25) is 5.91 Å². The largest absolute Gasteiger partial charge is 0.339 e. The molecule has 5 heteroatoms.